The Labute approximate surface area is 212 Å². The van der Waals surface area contributed by atoms with Crippen molar-refractivity contribution in [3.05, 3.63) is 48.5 Å². The molecule has 3 nitrogen and oxygen atoms in total. The van der Waals surface area contributed by atoms with Crippen LogP contribution in [0.15, 0.2) is 58.3 Å². The number of carbonyl (C=O) groups is 1. The lowest BCUT2D eigenvalue weighted by atomic mass is 10.1. The zero-order valence-corrected chi connectivity index (χ0v) is 22.5. The molecule has 0 fully saturated rings. The number of rotatable bonds is 18. The molecule has 0 amide bonds. The molecule has 0 aliphatic heterocycles. The topological polar surface area (TPSA) is 29.5 Å². The van der Waals surface area contributed by atoms with E-state index in [9.17, 15) is 4.79 Å². The van der Waals surface area contributed by atoms with Gasteiger partial charge in [0.2, 0.25) is 0 Å². The summed E-state index contributed by atoms with van der Waals surface area (Å²) in [7, 11) is 0. The third-order valence-corrected chi connectivity index (χ3v) is 6.99. The van der Waals surface area contributed by atoms with Crippen molar-refractivity contribution in [2.45, 2.75) is 108 Å². The van der Waals surface area contributed by atoms with Gasteiger partial charge in [-0.1, -0.05) is 90.0 Å². The Morgan fingerprint density at radius 2 is 1.35 bits per heavy atom. The average molecular weight is 484 g/mol. The van der Waals surface area contributed by atoms with Gasteiger partial charge in [0.1, 0.15) is 5.75 Å². The van der Waals surface area contributed by atoms with Crippen molar-refractivity contribution >= 4 is 23.4 Å². The molecular formula is C30H45NO2S. The third kappa shape index (κ3) is 11.5. The predicted molar refractivity (Wildman–Crippen MR) is 147 cm³/mol. The van der Waals surface area contributed by atoms with E-state index >= 15 is 0 Å². The highest BCUT2D eigenvalue weighted by molar-refractivity contribution is 7.99. The van der Waals surface area contributed by atoms with E-state index in [-0.39, 0.29) is 5.97 Å². The van der Waals surface area contributed by atoms with Crippen molar-refractivity contribution < 1.29 is 9.53 Å². The first kappa shape index (κ1) is 28.3. The number of ether oxygens (including phenoxy) is 1. The summed E-state index contributed by atoms with van der Waals surface area (Å²) in [6.45, 7) is 8.82. The molecule has 2 rings (SSSR count). The van der Waals surface area contributed by atoms with Crippen molar-refractivity contribution in [3.8, 4) is 5.75 Å². The molecule has 0 aromatic heterocycles. The second kappa shape index (κ2) is 17.5. The van der Waals surface area contributed by atoms with Crippen molar-refractivity contribution in [2.24, 2.45) is 0 Å². The molecule has 0 N–H and O–H groups in total. The van der Waals surface area contributed by atoms with Crippen LogP contribution < -0.4 is 9.64 Å². The van der Waals surface area contributed by atoms with Crippen molar-refractivity contribution in [1.29, 1.82) is 0 Å². The van der Waals surface area contributed by atoms with E-state index in [0.29, 0.717) is 12.2 Å². The lowest BCUT2D eigenvalue weighted by Crippen LogP contribution is -2.25. The molecule has 2 aromatic carbocycles. The Hall–Kier alpha value is -1.94. The highest BCUT2D eigenvalue weighted by Gasteiger charge is 2.09. The molecule has 188 valence electrons. The van der Waals surface area contributed by atoms with Crippen LogP contribution in [0.3, 0.4) is 0 Å². The summed E-state index contributed by atoms with van der Waals surface area (Å²) in [5.41, 5.74) is 1.33. The summed E-state index contributed by atoms with van der Waals surface area (Å²) >= 11 is 1.76. The fourth-order valence-electron chi connectivity index (χ4n) is 4.02. The van der Waals surface area contributed by atoms with Gasteiger partial charge in [-0.05, 0) is 61.7 Å². The molecule has 0 aliphatic rings. The summed E-state index contributed by atoms with van der Waals surface area (Å²) in [5, 5.41) is 0. The van der Waals surface area contributed by atoms with E-state index < -0.39 is 0 Å². The highest BCUT2D eigenvalue weighted by atomic mass is 32.2. The molecule has 2 aromatic rings. The van der Waals surface area contributed by atoms with Crippen molar-refractivity contribution in [1.82, 2.24) is 0 Å². The van der Waals surface area contributed by atoms with Crippen molar-refractivity contribution in [2.75, 3.05) is 18.0 Å². The minimum absolute atomic E-state index is 0.167. The Morgan fingerprint density at radius 3 is 1.94 bits per heavy atom. The maximum atomic E-state index is 11.7. The molecule has 0 radical (unpaired) electrons. The summed E-state index contributed by atoms with van der Waals surface area (Å²) in [6.07, 6.45) is 14.4. The van der Waals surface area contributed by atoms with Crippen LogP contribution in [0, 0.1) is 0 Å². The first-order valence-electron chi connectivity index (χ1n) is 13.5. The van der Waals surface area contributed by atoms with E-state index in [1.807, 2.05) is 31.2 Å². The second-order valence-corrected chi connectivity index (χ2v) is 10.3. The zero-order chi connectivity index (χ0) is 24.4. The molecule has 0 atom stereocenters. The third-order valence-electron chi connectivity index (χ3n) is 5.99. The van der Waals surface area contributed by atoms with Gasteiger partial charge in [-0.3, -0.25) is 4.79 Å². The maximum Gasteiger partial charge on any atom is 0.311 e. The largest absolute Gasteiger partial charge is 0.427 e. The lowest BCUT2D eigenvalue weighted by molar-refractivity contribution is -0.134. The summed E-state index contributed by atoms with van der Waals surface area (Å²) in [4.78, 5) is 16.7. The first-order valence-corrected chi connectivity index (χ1v) is 14.3. The molecule has 0 bridgehead atoms. The van der Waals surface area contributed by atoms with E-state index in [1.165, 1.54) is 74.8 Å². The molecule has 0 heterocycles. The first-order chi connectivity index (χ1) is 16.7. The standard InChI is InChI=1S/C30H45NO2S/c1-4-7-9-11-13-23-31(24-14-12-10-8-5-2)26-17-15-18-29(25-26)34-28-21-19-27(20-22-28)33-30(32)16-6-3/h15,17-22,25H,4-14,16,23-24H2,1-3H3. The van der Waals surface area contributed by atoms with Crippen LogP contribution in [-0.4, -0.2) is 19.1 Å². The quantitative estimate of drug-likeness (QED) is 0.120. The molecular weight excluding hydrogens is 438 g/mol. The summed E-state index contributed by atoms with van der Waals surface area (Å²) in [5.74, 6) is 0.453. The molecule has 0 aliphatic carbocycles. The average Bonchev–Trinajstić information content (AvgIpc) is 2.84. The lowest BCUT2D eigenvalue weighted by Gasteiger charge is -2.25. The molecule has 0 saturated heterocycles. The minimum atomic E-state index is -0.167. The van der Waals surface area contributed by atoms with E-state index in [1.54, 1.807) is 11.8 Å². The van der Waals surface area contributed by atoms with Crippen LogP contribution in [0.1, 0.15) is 97.8 Å². The van der Waals surface area contributed by atoms with Crippen LogP contribution >= 0.6 is 11.8 Å². The Morgan fingerprint density at radius 1 is 0.735 bits per heavy atom. The van der Waals surface area contributed by atoms with Gasteiger partial charge in [0.25, 0.3) is 0 Å². The Balaban J connectivity index is 1.98. The smallest absolute Gasteiger partial charge is 0.311 e. The molecule has 4 heteroatoms. The van der Waals surface area contributed by atoms with Gasteiger partial charge in [-0.2, -0.15) is 0 Å². The number of carbonyl (C=O) groups excluding carboxylic acids is 1. The zero-order valence-electron chi connectivity index (χ0n) is 21.7. The number of benzene rings is 2. The van der Waals surface area contributed by atoms with Gasteiger partial charge < -0.3 is 9.64 Å². The Bertz CT molecular complexity index is 792. The number of nitrogens with zero attached hydrogens (tertiary/aromatic N) is 1. The van der Waals surface area contributed by atoms with E-state index in [2.05, 4.69) is 43.0 Å². The van der Waals surface area contributed by atoms with Gasteiger partial charge in [0, 0.05) is 35.0 Å². The number of hydrogen-bond acceptors (Lipinski definition) is 4. The molecule has 0 unspecified atom stereocenters. The van der Waals surface area contributed by atoms with Gasteiger partial charge >= 0.3 is 5.97 Å². The highest BCUT2D eigenvalue weighted by Crippen LogP contribution is 2.32. The minimum Gasteiger partial charge on any atom is -0.427 e. The monoisotopic (exact) mass is 483 g/mol. The summed E-state index contributed by atoms with van der Waals surface area (Å²) < 4.78 is 5.38. The van der Waals surface area contributed by atoms with Crippen LogP contribution in [0.4, 0.5) is 5.69 Å². The number of esters is 1. The van der Waals surface area contributed by atoms with Gasteiger partial charge in [0.05, 0.1) is 0 Å². The second-order valence-electron chi connectivity index (χ2n) is 9.11. The van der Waals surface area contributed by atoms with E-state index in [0.717, 1.165) is 24.4 Å². The van der Waals surface area contributed by atoms with Gasteiger partial charge in [-0.25, -0.2) is 0 Å². The molecule has 34 heavy (non-hydrogen) atoms. The molecule has 0 saturated carbocycles. The van der Waals surface area contributed by atoms with Crippen LogP contribution in [0.5, 0.6) is 5.75 Å². The van der Waals surface area contributed by atoms with Crippen LogP contribution in [0.25, 0.3) is 0 Å². The van der Waals surface area contributed by atoms with Gasteiger partial charge in [0.15, 0.2) is 0 Å². The number of anilines is 1. The SMILES string of the molecule is CCCCCCCN(CCCCCCC)c1cccc(Sc2ccc(OC(=O)CCC)cc2)c1. The Kier molecular flexibility index (Phi) is 14.6. The predicted octanol–water partition coefficient (Wildman–Crippen LogP) is 9.29. The van der Waals surface area contributed by atoms with Crippen LogP contribution in [0.2, 0.25) is 0 Å². The maximum absolute atomic E-state index is 11.7. The van der Waals surface area contributed by atoms with Crippen molar-refractivity contribution in [3.63, 3.8) is 0 Å². The fraction of sp³-hybridized carbons (Fsp3) is 0.567. The summed E-state index contributed by atoms with van der Waals surface area (Å²) in [6, 6.07) is 16.8. The van der Waals surface area contributed by atoms with Crippen LogP contribution in [-0.2, 0) is 4.79 Å². The number of unbranched alkanes of at least 4 members (excludes halogenated alkanes) is 8. The van der Waals surface area contributed by atoms with Gasteiger partial charge in [-0.15, -0.1) is 0 Å². The number of hydrogen-bond donors (Lipinski definition) is 0. The van der Waals surface area contributed by atoms with E-state index in [4.69, 9.17) is 4.74 Å². The molecule has 0 spiro atoms. The fourth-order valence-corrected chi connectivity index (χ4v) is 4.90. The normalized spacial score (nSPS) is 10.9.